The lowest BCUT2D eigenvalue weighted by Crippen LogP contribution is -2.33. The van der Waals surface area contributed by atoms with Crippen LogP contribution in [-0.4, -0.2) is 42.9 Å². The first kappa shape index (κ1) is 17.3. The Morgan fingerprint density at radius 2 is 1.95 bits per heavy atom. The van der Waals surface area contributed by atoms with Gasteiger partial charge in [-0.3, -0.25) is 14.9 Å². The molecule has 1 amide bonds. The van der Waals surface area contributed by atoms with E-state index in [0.717, 1.165) is 12.1 Å². The Morgan fingerprint density at radius 3 is 2.42 bits per heavy atom. The van der Waals surface area contributed by atoms with E-state index in [9.17, 15) is 14.9 Å². The van der Waals surface area contributed by atoms with Crippen LogP contribution in [0.4, 0.5) is 5.69 Å². The van der Waals surface area contributed by atoms with Gasteiger partial charge in [-0.05, 0) is 12.6 Å². The van der Waals surface area contributed by atoms with Gasteiger partial charge in [0.2, 0.25) is 5.91 Å². The average molecular weight is 288 g/mol. The molecule has 1 aromatic carbocycles. The van der Waals surface area contributed by atoms with Crippen molar-refractivity contribution in [3.63, 3.8) is 0 Å². The fraction of sp³-hybridized carbons (Fsp3) is 0.417. The first-order valence-corrected chi connectivity index (χ1v) is 5.66. The van der Waals surface area contributed by atoms with Crippen molar-refractivity contribution in [3.05, 3.63) is 39.9 Å². The number of hydrogen-bond donors (Lipinski definition) is 1. The van der Waals surface area contributed by atoms with Crippen molar-refractivity contribution in [3.8, 4) is 0 Å². The largest absolute Gasteiger partial charge is 0.344 e. The molecule has 0 atom stereocenters. The number of nitro benzene ring substituents is 1. The van der Waals surface area contributed by atoms with Crippen molar-refractivity contribution in [2.45, 2.75) is 6.42 Å². The van der Waals surface area contributed by atoms with Gasteiger partial charge in [-0.1, -0.05) is 12.1 Å². The van der Waals surface area contributed by atoms with Crippen LogP contribution < -0.4 is 5.32 Å². The minimum Gasteiger partial charge on any atom is -0.344 e. The van der Waals surface area contributed by atoms with Crippen LogP contribution in [0.2, 0.25) is 0 Å². The third-order valence-electron chi connectivity index (χ3n) is 2.63. The van der Waals surface area contributed by atoms with Crippen molar-refractivity contribution < 1.29 is 9.72 Å². The van der Waals surface area contributed by atoms with Crippen molar-refractivity contribution >= 4 is 24.0 Å². The molecule has 6 nitrogen and oxygen atoms in total. The second-order valence-corrected chi connectivity index (χ2v) is 4.02. The quantitative estimate of drug-likeness (QED) is 0.631. The van der Waals surface area contributed by atoms with Gasteiger partial charge in [-0.25, -0.2) is 0 Å². The van der Waals surface area contributed by atoms with Crippen LogP contribution in [0.5, 0.6) is 0 Å². The number of halogens is 1. The Morgan fingerprint density at radius 1 is 1.37 bits per heavy atom. The number of likely N-dealkylation sites (N-methyl/N-ethyl adjacent to an activating group) is 2. The van der Waals surface area contributed by atoms with E-state index in [-0.39, 0.29) is 30.4 Å². The Balaban J connectivity index is 0.00000324. The predicted octanol–water partition coefficient (Wildman–Crippen LogP) is 1.24. The molecule has 7 heteroatoms. The van der Waals surface area contributed by atoms with E-state index in [0.29, 0.717) is 6.54 Å². The van der Waals surface area contributed by atoms with E-state index >= 15 is 0 Å². The molecule has 0 aliphatic carbocycles. The van der Waals surface area contributed by atoms with Crippen LogP contribution in [0, 0.1) is 10.1 Å². The second kappa shape index (κ2) is 8.44. The number of nitro groups is 1. The van der Waals surface area contributed by atoms with Crippen molar-refractivity contribution in [2.75, 3.05) is 27.2 Å². The molecule has 0 unspecified atom stereocenters. The van der Waals surface area contributed by atoms with Crippen LogP contribution in [0.3, 0.4) is 0 Å². The summed E-state index contributed by atoms with van der Waals surface area (Å²) in [5, 5.41) is 13.5. The maximum atomic E-state index is 11.8. The summed E-state index contributed by atoms with van der Waals surface area (Å²) in [6, 6.07) is 6.05. The summed E-state index contributed by atoms with van der Waals surface area (Å²) in [7, 11) is 3.57. The Kier molecular flexibility index (Phi) is 7.71. The molecule has 0 saturated heterocycles. The van der Waals surface area contributed by atoms with Gasteiger partial charge in [0, 0.05) is 32.3 Å². The van der Waals surface area contributed by atoms with Gasteiger partial charge >= 0.3 is 0 Å². The number of hydrogen-bond acceptors (Lipinski definition) is 4. The number of carbonyl (C=O) groups is 1. The van der Waals surface area contributed by atoms with Crippen LogP contribution in [0.25, 0.3) is 0 Å². The normalized spacial score (nSPS) is 9.58. The molecule has 1 aromatic rings. The van der Waals surface area contributed by atoms with Gasteiger partial charge in [0.25, 0.3) is 5.69 Å². The Hall–Kier alpha value is -1.66. The number of nitrogens with zero attached hydrogens (tertiary/aromatic N) is 2. The molecule has 0 spiro atoms. The summed E-state index contributed by atoms with van der Waals surface area (Å²) >= 11 is 0. The first-order chi connectivity index (χ1) is 8.54. The molecule has 0 heterocycles. The smallest absolute Gasteiger partial charge is 0.269 e. The van der Waals surface area contributed by atoms with E-state index in [1.165, 1.54) is 12.1 Å². The fourth-order valence-corrected chi connectivity index (χ4v) is 1.45. The Bertz CT molecular complexity index is 423. The number of nitrogens with one attached hydrogen (secondary N) is 1. The van der Waals surface area contributed by atoms with E-state index < -0.39 is 4.92 Å². The summed E-state index contributed by atoms with van der Waals surface area (Å²) in [4.78, 5) is 23.5. The highest BCUT2D eigenvalue weighted by molar-refractivity contribution is 5.85. The third-order valence-corrected chi connectivity index (χ3v) is 2.63. The van der Waals surface area contributed by atoms with Gasteiger partial charge < -0.3 is 10.2 Å². The van der Waals surface area contributed by atoms with Crippen LogP contribution in [0.15, 0.2) is 24.3 Å². The molecule has 1 rings (SSSR count). The van der Waals surface area contributed by atoms with Crippen LogP contribution in [-0.2, 0) is 11.2 Å². The zero-order valence-corrected chi connectivity index (χ0v) is 11.8. The molecule has 106 valence electrons. The molecule has 19 heavy (non-hydrogen) atoms. The summed E-state index contributed by atoms with van der Waals surface area (Å²) in [6.45, 7) is 1.38. The first-order valence-electron chi connectivity index (χ1n) is 5.66. The lowest BCUT2D eigenvalue weighted by Gasteiger charge is -2.16. The number of benzene rings is 1. The van der Waals surface area contributed by atoms with Crippen molar-refractivity contribution in [1.29, 1.82) is 0 Å². The second-order valence-electron chi connectivity index (χ2n) is 4.02. The van der Waals surface area contributed by atoms with Gasteiger partial charge in [0.15, 0.2) is 0 Å². The summed E-state index contributed by atoms with van der Waals surface area (Å²) in [6.07, 6.45) is 0.262. The Labute approximate surface area is 118 Å². The maximum Gasteiger partial charge on any atom is 0.269 e. The minimum absolute atomic E-state index is 0. The minimum atomic E-state index is -0.454. The van der Waals surface area contributed by atoms with Crippen LogP contribution in [0.1, 0.15) is 5.56 Å². The molecule has 0 radical (unpaired) electrons. The fourth-order valence-electron chi connectivity index (χ4n) is 1.45. The van der Waals surface area contributed by atoms with Gasteiger partial charge in [0.1, 0.15) is 0 Å². The molecule has 0 aliphatic rings. The molecule has 0 fully saturated rings. The zero-order valence-electron chi connectivity index (χ0n) is 11.0. The van der Waals surface area contributed by atoms with E-state index in [2.05, 4.69) is 5.32 Å². The van der Waals surface area contributed by atoms with E-state index in [1.807, 2.05) is 7.05 Å². The summed E-state index contributed by atoms with van der Waals surface area (Å²) < 4.78 is 0. The number of non-ortho nitro benzene ring substituents is 1. The van der Waals surface area contributed by atoms with Crippen molar-refractivity contribution in [2.24, 2.45) is 0 Å². The number of rotatable bonds is 6. The highest BCUT2D eigenvalue weighted by Gasteiger charge is 2.10. The highest BCUT2D eigenvalue weighted by atomic mass is 35.5. The van der Waals surface area contributed by atoms with E-state index in [4.69, 9.17) is 0 Å². The molecule has 0 saturated carbocycles. The topological polar surface area (TPSA) is 75.5 Å². The lowest BCUT2D eigenvalue weighted by atomic mass is 10.1. The van der Waals surface area contributed by atoms with Gasteiger partial charge in [0.05, 0.1) is 11.3 Å². The molecular weight excluding hydrogens is 270 g/mol. The summed E-state index contributed by atoms with van der Waals surface area (Å²) in [5.74, 6) is -0.000830. The van der Waals surface area contributed by atoms with E-state index in [1.54, 1.807) is 24.1 Å². The highest BCUT2D eigenvalue weighted by Crippen LogP contribution is 2.12. The van der Waals surface area contributed by atoms with Crippen molar-refractivity contribution in [1.82, 2.24) is 10.2 Å². The molecule has 0 aliphatic heterocycles. The number of carbonyl (C=O) groups excluding carboxylic acids is 1. The predicted molar refractivity (Wildman–Crippen MR) is 75.6 cm³/mol. The van der Waals surface area contributed by atoms with Crippen LogP contribution >= 0.6 is 12.4 Å². The molecule has 0 aromatic heterocycles. The molecule has 1 N–H and O–H groups in total. The summed E-state index contributed by atoms with van der Waals surface area (Å²) in [5.41, 5.74) is 0.816. The molecular formula is C12H18ClN3O3. The molecule has 0 bridgehead atoms. The standard InChI is InChI=1S/C12H17N3O3.ClH/c1-13-7-8-14(2)12(16)9-10-3-5-11(6-4-10)15(17)18;/h3-6,13H,7-9H2,1-2H3;1H. The SMILES string of the molecule is CNCCN(C)C(=O)Cc1ccc([N+](=O)[O-])cc1.Cl. The lowest BCUT2D eigenvalue weighted by molar-refractivity contribution is -0.384. The van der Waals surface area contributed by atoms with Gasteiger partial charge in [-0.2, -0.15) is 0 Å². The number of amides is 1. The monoisotopic (exact) mass is 287 g/mol. The zero-order chi connectivity index (χ0) is 13.5. The average Bonchev–Trinajstić information content (AvgIpc) is 2.36. The van der Waals surface area contributed by atoms with Gasteiger partial charge in [-0.15, -0.1) is 12.4 Å². The third kappa shape index (κ3) is 5.67. The maximum absolute atomic E-state index is 11.8.